The number of aromatic nitrogens is 1. The number of anilines is 1. The number of hydrogen-bond acceptors (Lipinski definition) is 3. The number of fused-ring (bicyclic) bond motifs is 1. The maximum Gasteiger partial charge on any atom is 0.255 e. The summed E-state index contributed by atoms with van der Waals surface area (Å²) < 4.78 is 0. The van der Waals surface area contributed by atoms with Crippen molar-refractivity contribution in [1.29, 1.82) is 0 Å². The largest absolute Gasteiger partial charge is 0.381 e. The predicted octanol–water partition coefficient (Wildman–Crippen LogP) is 4.91. The van der Waals surface area contributed by atoms with Gasteiger partial charge < -0.3 is 10.3 Å². The number of aromatic amines is 1. The molecule has 3 aromatic rings. The third kappa shape index (κ3) is 4.29. The number of benzene rings is 2. The number of H-pyrrole nitrogens is 1. The molecular weight excluding hydrogens is 381 g/mol. The van der Waals surface area contributed by atoms with E-state index in [2.05, 4.69) is 15.2 Å². The molecule has 1 aliphatic rings. The van der Waals surface area contributed by atoms with Crippen LogP contribution in [-0.4, -0.2) is 29.0 Å². The van der Waals surface area contributed by atoms with E-state index in [9.17, 15) is 4.79 Å². The van der Waals surface area contributed by atoms with Crippen LogP contribution in [-0.2, 0) is 6.54 Å². The number of piperidine rings is 1. The molecule has 0 spiro atoms. The maximum absolute atomic E-state index is 11.8. The summed E-state index contributed by atoms with van der Waals surface area (Å²) in [6, 6.07) is 13.9. The summed E-state index contributed by atoms with van der Waals surface area (Å²) in [4.78, 5) is 17.0. The molecule has 1 aromatic heterocycles. The van der Waals surface area contributed by atoms with E-state index in [0.29, 0.717) is 16.5 Å². The Balaban J connectivity index is 1.44. The molecule has 140 valence electrons. The van der Waals surface area contributed by atoms with Crippen molar-refractivity contribution in [2.24, 2.45) is 0 Å². The fraction of sp³-hybridized carbons (Fsp3) is 0.286. The van der Waals surface area contributed by atoms with E-state index in [0.717, 1.165) is 54.1 Å². The highest BCUT2D eigenvalue weighted by atomic mass is 35.5. The lowest BCUT2D eigenvalue weighted by atomic mass is 10.0. The number of nitrogens with one attached hydrogen (secondary N) is 2. The van der Waals surface area contributed by atoms with Gasteiger partial charge in [0, 0.05) is 46.4 Å². The van der Waals surface area contributed by atoms with E-state index in [1.54, 1.807) is 12.3 Å². The SMILES string of the molecule is O=c1[nH]ccc2cc(N[C@@H]3CCCN(Cc4ccc(Cl)cc4Cl)C3)ccc12. The molecule has 2 N–H and O–H groups in total. The van der Waals surface area contributed by atoms with Crippen LogP contribution in [0.25, 0.3) is 10.8 Å². The molecule has 0 unspecified atom stereocenters. The van der Waals surface area contributed by atoms with E-state index in [4.69, 9.17) is 23.2 Å². The molecular formula is C21H21Cl2N3O. The molecule has 0 radical (unpaired) electrons. The molecule has 6 heteroatoms. The van der Waals surface area contributed by atoms with Crippen molar-refractivity contribution in [2.75, 3.05) is 18.4 Å². The summed E-state index contributed by atoms with van der Waals surface area (Å²) >= 11 is 12.3. The minimum Gasteiger partial charge on any atom is -0.381 e. The van der Waals surface area contributed by atoms with Gasteiger partial charge >= 0.3 is 0 Å². The van der Waals surface area contributed by atoms with E-state index in [1.165, 1.54) is 0 Å². The second-order valence-electron chi connectivity index (χ2n) is 7.06. The summed E-state index contributed by atoms with van der Waals surface area (Å²) in [6.07, 6.45) is 3.95. The Morgan fingerprint density at radius 1 is 1.15 bits per heavy atom. The van der Waals surface area contributed by atoms with Gasteiger partial charge in [0.2, 0.25) is 0 Å². The summed E-state index contributed by atoms with van der Waals surface area (Å²) in [5.41, 5.74) is 2.10. The summed E-state index contributed by atoms with van der Waals surface area (Å²) in [7, 11) is 0. The Hall–Kier alpha value is -2.01. The topological polar surface area (TPSA) is 48.1 Å². The Kier molecular flexibility index (Phi) is 5.39. The number of hydrogen-bond donors (Lipinski definition) is 2. The number of halogens is 2. The standard InChI is InChI=1S/C21H21Cl2N3O/c22-16-4-3-15(20(23)11-16)12-26-9-1-2-18(13-26)25-17-5-6-19-14(10-17)7-8-24-21(19)27/h3-8,10-11,18,25H,1-2,9,12-13H2,(H,24,27)/t18-/m1/s1. The second kappa shape index (κ2) is 7.93. The highest BCUT2D eigenvalue weighted by Crippen LogP contribution is 2.25. The van der Waals surface area contributed by atoms with Crippen molar-refractivity contribution in [3.63, 3.8) is 0 Å². The van der Waals surface area contributed by atoms with Gasteiger partial charge in [0.15, 0.2) is 0 Å². The molecule has 1 atom stereocenters. The molecule has 0 bridgehead atoms. The molecule has 4 rings (SSSR count). The lowest BCUT2D eigenvalue weighted by molar-refractivity contribution is 0.208. The lowest BCUT2D eigenvalue weighted by Gasteiger charge is -2.34. The van der Waals surface area contributed by atoms with Gasteiger partial charge in [-0.3, -0.25) is 9.69 Å². The lowest BCUT2D eigenvalue weighted by Crippen LogP contribution is -2.41. The maximum atomic E-state index is 11.8. The Morgan fingerprint density at radius 3 is 2.89 bits per heavy atom. The number of nitrogens with zero attached hydrogens (tertiary/aromatic N) is 1. The van der Waals surface area contributed by atoms with Crippen molar-refractivity contribution < 1.29 is 0 Å². The van der Waals surface area contributed by atoms with Crippen LogP contribution in [0, 0.1) is 0 Å². The van der Waals surface area contributed by atoms with Crippen molar-refractivity contribution in [3.8, 4) is 0 Å². The molecule has 27 heavy (non-hydrogen) atoms. The van der Waals surface area contributed by atoms with Crippen molar-refractivity contribution in [1.82, 2.24) is 9.88 Å². The van der Waals surface area contributed by atoms with Gasteiger partial charge in [0.1, 0.15) is 0 Å². The number of pyridine rings is 1. The fourth-order valence-electron chi connectivity index (χ4n) is 3.73. The van der Waals surface area contributed by atoms with E-state index in [1.807, 2.05) is 36.4 Å². The van der Waals surface area contributed by atoms with Gasteiger partial charge in [-0.25, -0.2) is 0 Å². The third-order valence-corrected chi connectivity index (χ3v) is 5.65. The van der Waals surface area contributed by atoms with E-state index >= 15 is 0 Å². The zero-order chi connectivity index (χ0) is 18.8. The Morgan fingerprint density at radius 2 is 2.04 bits per heavy atom. The van der Waals surface area contributed by atoms with Crippen LogP contribution in [0.1, 0.15) is 18.4 Å². The molecule has 1 fully saturated rings. The Bertz CT molecular complexity index is 1020. The minimum atomic E-state index is -0.0530. The van der Waals surface area contributed by atoms with Gasteiger partial charge in [0.05, 0.1) is 0 Å². The first-order valence-corrected chi connectivity index (χ1v) is 9.88. The van der Waals surface area contributed by atoms with Gasteiger partial charge in [-0.15, -0.1) is 0 Å². The summed E-state index contributed by atoms with van der Waals surface area (Å²) in [5.74, 6) is 0. The molecule has 0 aliphatic carbocycles. The Labute approximate surface area is 168 Å². The van der Waals surface area contributed by atoms with Crippen LogP contribution < -0.4 is 10.9 Å². The van der Waals surface area contributed by atoms with Crippen LogP contribution >= 0.6 is 23.2 Å². The average Bonchev–Trinajstić information content (AvgIpc) is 2.65. The van der Waals surface area contributed by atoms with Crippen LogP contribution in [0.3, 0.4) is 0 Å². The van der Waals surface area contributed by atoms with E-state index in [-0.39, 0.29) is 5.56 Å². The fourth-order valence-corrected chi connectivity index (χ4v) is 4.19. The van der Waals surface area contributed by atoms with Crippen molar-refractivity contribution in [2.45, 2.75) is 25.4 Å². The molecule has 2 aromatic carbocycles. The first kappa shape index (κ1) is 18.4. The minimum absolute atomic E-state index is 0.0530. The number of likely N-dealkylation sites (tertiary alicyclic amines) is 1. The van der Waals surface area contributed by atoms with Crippen LogP contribution in [0.2, 0.25) is 10.0 Å². The van der Waals surface area contributed by atoms with Gasteiger partial charge in [-0.05, 0) is 66.7 Å². The highest BCUT2D eigenvalue weighted by Gasteiger charge is 2.20. The van der Waals surface area contributed by atoms with Crippen LogP contribution in [0.5, 0.6) is 0 Å². The summed E-state index contributed by atoms with van der Waals surface area (Å²) in [6.45, 7) is 2.83. The zero-order valence-electron chi connectivity index (χ0n) is 14.8. The smallest absolute Gasteiger partial charge is 0.255 e. The van der Waals surface area contributed by atoms with Gasteiger partial charge in [0.25, 0.3) is 5.56 Å². The predicted molar refractivity (Wildman–Crippen MR) is 113 cm³/mol. The van der Waals surface area contributed by atoms with Crippen LogP contribution in [0.15, 0.2) is 53.5 Å². The zero-order valence-corrected chi connectivity index (χ0v) is 16.4. The molecule has 1 aliphatic heterocycles. The van der Waals surface area contributed by atoms with Gasteiger partial charge in [-0.1, -0.05) is 29.3 Å². The highest BCUT2D eigenvalue weighted by molar-refractivity contribution is 6.35. The first-order valence-electron chi connectivity index (χ1n) is 9.13. The first-order chi connectivity index (χ1) is 13.1. The molecule has 0 amide bonds. The molecule has 4 nitrogen and oxygen atoms in total. The van der Waals surface area contributed by atoms with Crippen LogP contribution in [0.4, 0.5) is 5.69 Å². The second-order valence-corrected chi connectivity index (χ2v) is 7.91. The van der Waals surface area contributed by atoms with Crippen molar-refractivity contribution >= 4 is 39.7 Å². The van der Waals surface area contributed by atoms with Gasteiger partial charge in [-0.2, -0.15) is 0 Å². The third-order valence-electron chi connectivity index (χ3n) is 5.06. The van der Waals surface area contributed by atoms with E-state index < -0.39 is 0 Å². The molecule has 0 saturated carbocycles. The van der Waals surface area contributed by atoms with Crippen molar-refractivity contribution in [3.05, 3.63) is 74.6 Å². The monoisotopic (exact) mass is 401 g/mol. The normalized spacial score (nSPS) is 17.9. The average molecular weight is 402 g/mol. The quantitative estimate of drug-likeness (QED) is 0.652. The molecule has 1 saturated heterocycles. The molecule has 2 heterocycles. The number of rotatable bonds is 4. The summed E-state index contributed by atoms with van der Waals surface area (Å²) in [5, 5.41) is 6.67.